The first-order valence-electron chi connectivity index (χ1n) is 6.42. The van der Waals surface area contributed by atoms with E-state index in [2.05, 4.69) is 26.0 Å². The van der Waals surface area contributed by atoms with Crippen LogP contribution in [0.4, 0.5) is 0 Å². The minimum absolute atomic E-state index is 0.0332. The van der Waals surface area contributed by atoms with Crippen LogP contribution in [0.5, 0.6) is 0 Å². The van der Waals surface area contributed by atoms with Crippen LogP contribution in [-0.2, 0) is 12.8 Å². The van der Waals surface area contributed by atoms with Crippen molar-refractivity contribution >= 4 is 11.3 Å². The Hall–Kier alpha value is -1.06. The molecule has 1 unspecified atom stereocenters. The maximum absolute atomic E-state index is 6.34. The summed E-state index contributed by atoms with van der Waals surface area (Å²) in [6, 6.07) is 4.43. The van der Waals surface area contributed by atoms with Crippen molar-refractivity contribution in [2.45, 2.75) is 46.6 Å². The van der Waals surface area contributed by atoms with Crippen molar-refractivity contribution in [3.63, 3.8) is 0 Å². The fraction of sp³-hybridized carbons (Fsp3) is 0.467. The number of furan rings is 1. The summed E-state index contributed by atoms with van der Waals surface area (Å²) in [6.07, 6.45) is 1.99. The lowest BCUT2D eigenvalue weighted by molar-refractivity contribution is 0.496. The quantitative estimate of drug-likeness (QED) is 0.903. The third kappa shape index (κ3) is 2.52. The van der Waals surface area contributed by atoms with Crippen LogP contribution >= 0.6 is 11.3 Å². The topological polar surface area (TPSA) is 39.2 Å². The van der Waals surface area contributed by atoms with Gasteiger partial charge >= 0.3 is 0 Å². The molecule has 2 aromatic heterocycles. The fourth-order valence-electron chi connectivity index (χ4n) is 2.39. The van der Waals surface area contributed by atoms with Gasteiger partial charge in [0.25, 0.3) is 0 Å². The Morgan fingerprint density at radius 1 is 1.17 bits per heavy atom. The number of nitrogens with two attached hydrogens (primary N) is 1. The van der Waals surface area contributed by atoms with E-state index in [0.29, 0.717) is 0 Å². The zero-order valence-electron chi connectivity index (χ0n) is 11.5. The van der Waals surface area contributed by atoms with Gasteiger partial charge in [-0.3, -0.25) is 0 Å². The van der Waals surface area contributed by atoms with Crippen LogP contribution in [0.25, 0.3) is 0 Å². The van der Waals surface area contributed by atoms with Gasteiger partial charge in [-0.2, -0.15) is 0 Å². The molecular weight excluding hydrogens is 242 g/mol. The first-order chi connectivity index (χ1) is 8.52. The highest BCUT2D eigenvalue weighted by molar-refractivity contribution is 7.11. The maximum Gasteiger partial charge on any atom is 0.106 e. The number of hydrogen-bond donors (Lipinski definition) is 1. The molecule has 0 radical (unpaired) electrons. The van der Waals surface area contributed by atoms with Gasteiger partial charge in [-0.05, 0) is 44.9 Å². The van der Waals surface area contributed by atoms with Crippen molar-refractivity contribution in [2.75, 3.05) is 0 Å². The average Bonchev–Trinajstić information content (AvgIpc) is 2.85. The van der Waals surface area contributed by atoms with Crippen LogP contribution in [0, 0.1) is 20.8 Å². The molecule has 2 heterocycles. The molecule has 0 saturated heterocycles. The van der Waals surface area contributed by atoms with Crippen molar-refractivity contribution in [1.82, 2.24) is 0 Å². The largest absolute Gasteiger partial charge is 0.466 e. The normalized spacial score (nSPS) is 12.9. The highest BCUT2D eigenvalue weighted by Gasteiger charge is 2.18. The molecule has 2 rings (SSSR count). The van der Waals surface area contributed by atoms with Crippen LogP contribution in [0.15, 0.2) is 16.5 Å². The van der Waals surface area contributed by atoms with E-state index in [1.54, 1.807) is 0 Å². The van der Waals surface area contributed by atoms with E-state index in [9.17, 15) is 0 Å². The van der Waals surface area contributed by atoms with Gasteiger partial charge in [0.15, 0.2) is 0 Å². The lowest BCUT2D eigenvalue weighted by atomic mass is 10.00. The smallest absolute Gasteiger partial charge is 0.106 e. The number of aryl methyl sites for hydroxylation is 3. The van der Waals surface area contributed by atoms with Crippen LogP contribution in [0.2, 0.25) is 0 Å². The summed E-state index contributed by atoms with van der Waals surface area (Å²) in [5.74, 6) is 1.95. The fourth-order valence-corrected chi connectivity index (χ4v) is 3.41. The lowest BCUT2D eigenvalue weighted by Crippen LogP contribution is -2.14. The van der Waals surface area contributed by atoms with Gasteiger partial charge < -0.3 is 10.2 Å². The van der Waals surface area contributed by atoms with Crippen molar-refractivity contribution < 1.29 is 4.42 Å². The van der Waals surface area contributed by atoms with Gasteiger partial charge in [-0.25, -0.2) is 0 Å². The van der Waals surface area contributed by atoms with E-state index < -0.39 is 0 Å². The second kappa shape index (κ2) is 5.29. The molecule has 0 aliphatic rings. The predicted molar refractivity (Wildman–Crippen MR) is 77.2 cm³/mol. The van der Waals surface area contributed by atoms with Gasteiger partial charge in [0.05, 0.1) is 0 Å². The summed E-state index contributed by atoms with van der Waals surface area (Å²) in [4.78, 5) is 2.78. The monoisotopic (exact) mass is 263 g/mol. The Morgan fingerprint density at radius 2 is 1.83 bits per heavy atom. The molecule has 0 aliphatic heterocycles. The van der Waals surface area contributed by atoms with E-state index >= 15 is 0 Å². The molecule has 2 aromatic rings. The molecule has 0 saturated carbocycles. The zero-order valence-corrected chi connectivity index (χ0v) is 12.4. The molecule has 0 aliphatic carbocycles. The molecular formula is C15H21NOS. The second-order valence-corrected chi connectivity index (χ2v) is 6.04. The Kier molecular flexibility index (Phi) is 3.93. The van der Waals surface area contributed by atoms with E-state index in [4.69, 9.17) is 10.2 Å². The number of rotatable bonds is 4. The molecule has 1 atom stereocenters. The Bertz CT molecular complexity index is 539. The van der Waals surface area contributed by atoms with Crippen LogP contribution < -0.4 is 5.73 Å². The Morgan fingerprint density at radius 3 is 2.33 bits per heavy atom. The molecule has 3 heteroatoms. The van der Waals surface area contributed by atoms with Gasteiger partial charge in [-0.15, -0.1) is 11.3 Å². The molecule has 2 nitrogen and oxygen atoms in total. The minimum Gasteiger partial charge on any atom is -0.466 e. The summed E-state index contributed by atoms with van der Waals surface area (Å²) in [7, 11) is 0. The highest BCUT2D eigenvalue weighted by atomic mass is 32.1. The second-order valence-electron chi connectivity index (χ2n) is 4.79. The van der Waals surface area contributed by atoms with Gasteiger partial charge in [0.1, 0.15) is 11.5 Å². The summed E-state index contributed by atoms with van der Waals surface area (Å²) in [6.45, 7) is 8.27. The Labute approximate surface area is 113 Å². The van der Waals surface area contributed by atoms with Gasteiger partial charge in [-0.1, -0.05) is 6.92 Å². The number of hydrogen-bond acceptors (Lipinski definition) is 3. The molecule has 0 spiro atoms. The predicted octanol–water partition coefficient (Wildman–Crippen LogP) is 4.07. The number of thiophene rings is 1. The van der Waals surface area contributed by atoms with E-state index in [0.717, 1.165) is 24.4 Å². The van der Waals surface area contributed by atoms with Crippen LogP contribution in [-0.4, -0.2) is 0 Å². The first-order valence-corrected chi connectivity index (χ1v) is 7.24. The molecule has 0 aromatic carbocycles. The highest BCUT2D eigenvalue weighted by Crippen LogP contribution is 2.29. The first kappa shape index (κ1) is 13.4. The van der Waals surface area contributed by atoms with Gasteiger partial charge in [0, 0.05) is 27.8 Å². The minimum atomic E-state index is 0.0332. The molecule has 0 fully saturated rings. The summed E-state index contributed by atoms with van der Waals surface area (Å²) in [5.41, 5.74) is 8.72. The van der Waals surface area contributed by atoms with E-state index in [1.165, 1.54) is 20.9 Å². The van der Waals surface area contributed by atoms with Gasteiger partial charge in [0.2, 0.25) is 0 Å². The molecule has 18 heavy (non-hydrogen) atoms. The van der Waals surface area contributed by atoms with Crippen molar-refractivity contribution in [3.8, 4) is 0 Å². The van der Waals surface area contributed by atoms with E-state index in [1.807, 2.05) is 25.2 Å². The summed E-state index contributed by atoms with van der Waals surface area (Å²) in [5, 5.41) is 0. The third-order valence-electron chi connectivity index (χ3n) is 3.48. The van der Waals surface area contributed by atoms with Crippen molar-refractivity contribution in [2.24, 2.45) is 5.73 Å². The molecule has 98 valence electrons. The van der Waals surface area contributed by atoms with E-state index in [-0.39, 0.29) is 6.04 Å². The Balaban J connectivity index is 2.18. The zero-order chi connectivity index (χ0) is 13.3. The van der Waals surface area contributed by atoms with Crippen LogP contribution in [0.3, 0.4) is 0 Å². The molecule has 0 amide bonds. The van der Waals surface area contributed by atoms with Crippen molar-refractivity contribution in [1.29, 1.82) is 0 Å². The molecule has 0 bridgehead atoms. The maximum atomic E-state index is 6.34. The average molecular weight is 263 g/mol. The summed E-state index contributed by atoms with van der Waals surface area (Å²) < 4.78 is 5.65. The summed E-state index contributed by atoms with van der Waals surface area (Å²) >= 11 is 1.86. The lowest BCUT2D eigenvalue weighted by Gasteiger charge is -2.11. The van der Waals surface area contributed by atoms with Crippen LogP contribution in [0.1, 0.15) is 45.4 Å². The SMILES string of the molecule is CCc1ccc(CC(N)c2c(C)oc(C)c2C)s1. The third-order valence-corrected chi connectivity index (χ3v) is 4.73. The molecule has 2 N–H and O–H groups in total. The van der Waals surface area contributed by atoms with Crippen molar-refractivity contribution in [3.05, 3.63) is 44.5 Å². The standard InChI is InChI=1S/C15H21NOS/c1-5-12-6-7-13(18-12)8-14(16)15-9(2)10(3)17-11(15)4/h6-7,14H,5,8,16H2,1-4H3.